The quantitative estimate of drug-likeness (QED) is 0.413. The summed E-state index contributed by atoms with van der Waals surface area (Å²) in [5.74, 6) is -0.274. The topological polar surface area (TPSA) is 103 Å². The molecule has 1 fully saturated rings. The maximum atomic E-state index is 13.5. The number of fused-ring (bicyclic) bond motifs is 1. The van der Waals surface area contributed by atoms with E-state index in [4.69, 9.17) is 10.1 Å². The third kappa shape index (κ3) is 4.39. The van der Waals surface area contributed by atoms with Gasteiger partial charge in [0.2, 0.25) is 0 Å². The first-order chi connectivity index (χ1) is 16.0. The molecule has 1 aliphatic carbocycles. The first-order valence-electron chi connectivity index (χ1n) is 11.0. The Balaban J connectivity index is 1.57. The van der Waals surface area contributed by atoms with Gasteiger partial charge in [0.25, 0.3) is 5.56 Å². The van der Waals surface area contributed by atoms with Gasteiger partial charge in [-0.3, -0.25) is 14.2 Å². The third-order valence-electron chi connectivity index (χ3n) is 5.82. The first-order valence-corrected chi connectivity index (χ1v) is 11.0. The number of nitrogens with zero attached hydrogens (tertiary/aromatic N) is 5. The van der Waals surface area contributed by atoms with Gasteiger partial charge in [-0.05, 0) is 68.1 Å². The highest BCUT2D eigenvalue weighted by molar-refractivity contribution is 5.80. The summed E-state index contributed by atoms with van der Waals surface area (Å²) in [7, 11) is 0. The van der Waals surface area contributed by atoms with Crippen molar-refractivity contribution in [1.29, 1.82) is 0 Å². The Bertz CT molecular complexity index is 1390. The molecule has 8 nitrogen and oxygen atoms in total. The molecule has 2 aromatic heterocycles. The number of unbranched alkanes of at least 4 members (excludes halogenated alkanes) is 1. The molecule has 0 spiro atoms. The summed E-state index contributed by atoms with van der Waals surface area (Å²) in [4.78, 5) is 29.0. The first kappa shape index (κ1) is 21.0. The van der Waals surface area contributed by atoms with Gasteiger partial charge < -0.3 is 5.11 Å². The number of rotatable bonds is 8. The molecule has 0 saturated heterocycles. The minimum absolute atomic E-state index is 0.0497. The number of carbonyl (C=O) groups is 1. The van der Waals surface area contributed by atoms with Crippen LogP contribution in [0.25, 0.3) is 22.3 Å². The number of aryl methyl sites for hydroxylation is 1. The minimum Gasteiger partial charge on any atom is -0.481 e. The number of benzene rings is 2. The summed E-state index contributed by atoms with van der Waals surface area (Å²) < 4.78 is 16.6. The molecule has 33 heavy (non-hydrogen) atoms. The van der Waals surface area contributed by atoms with E-state index in [1.165, 1.54) is 28.8 Å². The van der Waals surface area contributed by atoms with Gasteiger partial charge >= 0.3 is 5.97 Å². The van der Waals surface area contributed by atoms with Crippen LogP contribution in [0.3, 0.4) is 0 Å². The lowest BCUT2D eigenvalue weighted by Gasteiger charge is -2.14. The predicted molar refractivity (Wildman–Crippen MR) is 119 cm³/mol. The molecule has 1 saturated carbocycles. The number of aromatic nitrogens is 5. The zero-order valence-electron chi connectivity index (χ0n) is 17.8. The van der Waals surface area contributed by atoms with Crippen LogP contribution in [0, 0.1) is 5.82 Å². The van der Waals surface area contributed by atoms with Gasteiger partial charge in [-0.2, -0.15) is 0 Å². The zero-order valence-corrected chi connectivity index (χ0v) is 17.8. The van der Waals surface area contributed by atoms with E-state index in [1.54, 1.807) is 22.9 Å². The average molecular weight is 447 g/mol. The third-order valence-corrected chi connectivity index (χ3v) is 5.82. The van der Waals surface area contributed by atoms with Gasteiger partial charge in [0, 0.05) is 18.8 Å². The van der Waals surface area contributed by atoms with Gasteiger partial charge in [0.15, 0.2) is 0 Å². The number of halogens is 1. The maximum absolute atomic E-state index is 13.5. The molecule has 0 amide bonds. The lowest BCUT2D eigenvalue weighted by molar-refractivity contribution is -0.137. The van der Waals surface area contributed by atoms with Crippen LogP contribution >= 0.6 is 0 Å². The van der Waals surface area contributed by atoms with Crippen molar-refractivity contribution in [2.45, 2.75) is 44.4 Å². The Kier molecular flexibility index (Phi) is 5.45. The van der Waals surface area contributed by atoms with Crippen molar-refractivity contribution in [3.05, 3.63) is 76.4 Å². The SMILES string of the molecule is O=C(O)CCCCc1nc2cc(-n3cc(C4CC4)nn3)ccc2c(=O)n1-c1ccc(F)cc1. The molecule has 0 atom stereocenters. The Morgan fingerprint density at radius 3 is 2.58 bits per heavy atom. The highest BCUT2D eigenvalue weighted by atomic mass is 19.1. The van der Waals surface area contributed by atoms with Crippen molar-refractivity contribution >= 4 is 16.9 Å². The van der Waals surface area contributed by atoms with E-state index in [9.17, 15) is 14.0 Å². The standard InChI is InChI=1S/C24H22FN5O3/c25-16-7-9-17(10-8-16)30-22(3-1-2-4-23(31)32)26-20-13-18(11-12-19(20)24(30)33)29-14-21(27-28-29)15-5-6-15/h7-15H,1-6H2,(H,31,32). The Morgan fingerprint density at radius 1 is 1.09 bits per heavy atom. The number of hydrogen-bond acceptors (Lipinski definition) is 5. The molecule has 2 heterocycles. The molecule has 1 N–H and O–H groups in total. The van der Waals surface area contributed by atoms with E-state index < -0.39 is 11.8 Å². The summed E-state index contributed by atoms with van der Waals surface area (Å²) in [5, 5.41) is 17.8. The monoisotopic (exact) mass is 447 g/mol. The molecule has 5 rings (SSSR count). The summed E-state index contributed by atoms with van der Waals surface area (Å²) in [6.45, 7) is 0. The molecule has 2 aromatic carbocycles. The van der Waals surface area contributed by atoms with E-state index in [0.717, 1.165) is 24.2 Å². The van der Waals surface area contributed by atoms with Crippen molar-refractivity contribution in [2.75, 3.05) is 0 Å². The molecule has 0 aliphatic heterocycles. The zero-order chi connectivity index (χ0) is 22.9. The summed E-state index contributed by atoms with van der Waals surface area (Å²) in [5.41, 5.74) is 2.49. The minimum atomic E-state index is -0.861. The van der Waals surface area contributed by atoms with Gasteiger partial charge in [-0.15, -0.1) is 5.10 Å². The second-order valence-electron chi connectivity index (χ2n) is 8.31. The smallest absolute Gasteiger partial charge is 0.303 e. The molecule has 0 unspecified atom stereocenters. The van der Waals surface area contributed by atoms with Crippen LogP contribution in [0.4, 0.5) is 4.39 Å². The van der Waals surface area contributed by atoms with Crippen LogP contribution in [0.2, 0.25) is 0 Å². The molecule has 0 radical (unpaired) electrons. The fraction of sp³-hybridized carbons (Fsp3) is 0.292. The summed E-state index contributed by atoms with van der Waals surface area (Å²) in [6, 6.07) is 11.0. The van der Waals surface area contributed by atoms with Crippen molar-refractivity contribution < 1.29 is 14.3 Å². The lowest BCUT2D eigenvalue weighted by atomic mass is 10.1. The highest BCUT2D eigenvalue weighted by Gasteiger charge is 2.26. The van der Waals surface area contributed by atoms with Crippen LogP contribution in [-0.2, 0) is 11.2 Å². The molecule has 9 heteroatoms. The molecule has 1 aliphatic rings. The fourth-order valence-corrected chi connectivity index (χ4v) is 3.92. The summed E-state index contributed by atoms with van der Waals surface area (Å²) in [6.07, 6.45) is 5.65. The van der Waals surface area contributed by atoms with Crippen LogP contribution in [-0.4, -0.2) is 35.6 Å². The summed E-state index contributed by atoms with van der Waals surface area (Å²) >= 11 is 0. The van der Waals surface area contributed by atoms with Crippen molar-refractivity contribution in [3.63, 3.8) is 0 Å². The van der Waals surface area contributed by atoms with Gasteiger partial charge in [0.1, 0.15) is 11.6 Å². The van der Waals surface area contributed by atoms with Gasteiger partial charge in [-0.25, -0.2) is 14.1 Å². The normalized spacial score (nSPS) is 13.5. The second-order valence-corrected chi connectivity index (χ2v) is 8.31. The lowest BCUT2D eigenvalue weighted by Crippen LogP contribution is -2.24. The molecule has 168 valence electrons. The van der Waals surface area contributed by atoms with Crippen LogP contribution in [0.5, 0.6) is 0 Å². The van der Waals surface area contributed by atoms with E-state index >= 15 is 0 Å². The van der Waals surface area contributed by atoms with E-state index in [0.29, 0.717) is 47.6 Å². The van der Waals surface area contributed by atoms with Crippen molar-refractivity contribution in [3.8, 4) is 11.4 Å². The van der Waals surface area contributed by atoms with E-state index in [-0.39, 0.29) is 12.0 Å². The Labute approximate surface area is 188 Å². The molecule has 0 bridgehead atoms. The van der Waals surface area contributed by atoms with Crippen molar-refractivity contribution in [2.24, 2.45) is 0 Å². The van der Waals surface area contributed by atoms with Crippen LogP contribution in [0.1, 0.15) is 49.5 Å². The molecular weight excluding hydrogens is 425 g/mol. The number of aliphatic carboxylic acids is 1. The average Bonchev–Trinajstić information content (AvgIpc) is 3.54. The fourth-order valence-electron chi connectivity index (χ4n) is 3.92. The molecule has 4 aromatic rings. The Hall–Kier alpha value is -3.88. The predicted octanol–water partition coefficient (Wildman–Crippen LogP) is 3.78. The number of hydrogen-bond donors (Lipinski definition) is 1. The molecular formula is C24H22FN5O3. The number of carboxylic acids is 1. The second kappa shape index (κ2) is 8.57. The van der Waals surface area contributed by atoms with Crippen LogP contribution in [0.15, 0.2) is 53.5 Å². The van der Waals surface area contributed by atoms with E-state index in [1.807, 2.05) is 6.20 Å². The van der Waals surface area contributed by atoms with Crippen LogP contribution < -0.4 is 5.56 Å². The van der Waals surface area contributed by atoms with Gasteiger partial charge in [-0.1, -0.05) is 5.21 Å². The maximum Gasteiger partial charge on any atom is 0.303 e. The highest BCUT2D eigenvalue weighted by Crippen LogP contribution is 2.38. The Morgan fingerprint density at radius 2 is 1.85 bits per heavy atom. The number of carboxylic acid groups (broad SMARTS) is 1. The van der Waals surface area contributed by atoms with Gasteiger partial charge in [0.05, 0.1) is 34.2 Å². The van der Waals surface area contributed by atoms with E-state index in [2.05, 4.69) is 10.3 Å². The van der Waals surface area contributed by atoms with Crippen molar-refractivity contribution in [1.82, 2.24) is 24.5 Å². The largest absolute Gasteiger partial charge is 0.481 e.